The Morgan fingerprint density at radius 1 is 1.67 bits per heavy atom. The lowest BCUT2D eigenvalue weighted by Crippen LogP contribution is -2.29. The van der Waals surface area contributed by atoms with Gasteiger partial charge in [-0.15, -0.1) is 11.3 Å². The molecule has 96 valence electrons. The molecule has 0 amide bonds. The maximum atomic E-state index is 12.5. The van der Waals surface area contributed by atoms with Gasteiger partial charge in [-0.25, -0.2) is 0 Å². The number of nitrogens with zero attached hydrogens (tertiary/aromatic N) is 1. The van der Waals surface area contributed by atoms with Gasteiger partial charge in [0.1, 0.15) is 4.70 Å². The minimum atomic E-state index is 0.0168. The van der Waals surface area contributed by atoms with E-state index in [-0.39, 0.29) is 11.6 Å². The molecule has 0 radical (unpaired) electrons. The first-order valence-electron chi connectivity index (χ1n) is 5.98. The van der Waals surface area contributed by atoms with Crippen molar-refractivity contribution in [1.82, 2.24) is 9.55 Å². The number of hydrogen-bond acceptors (Lipinski definition) is 4. The molecule has 0 bridgehead atoms. The predicted octanol–water partition coefficient (Wildman–Crippen LogP) is 2.72. The fourth-order valence-corrected chi connectivity index (χ4v) is 3.61. The van der Waals surface area contributed by atoms with E-state index in [2.05, 4.69) is 4.98 Å². The molecular weight excluding hydrogens is 268 g/mol. The first-order valence-corrected chi connectivity index (χ1v) is 7.27. The Kier molecular flexibility index (Phi) is 3.09. The maximum Gasteiger partial charge on any atom is 0.272 e. The standard InChI is InChI=1S/C12H14N2O2S2/c1-7(8-2-4-16-6-8)14-11(15)10-9(3-5-18-10)13-12(14)17/h3,5,7-8H,2,4,6H2,1H3,(H,13,17). The molecule has 1 aliphatic rings. The smallest absolute Gasteiger partial charge is 0.272 e. The second kappa shape index (κ2) is 4.60. The van der Waals surface area contributed by atoms with Gasteiger partial charge >= 0.3 is 0 Å². The summed E-state index contributed by atoms with van der Waals surface area (Å²) in [7, 11) is 0. The minimum absolute atomic E-state index is 0.0168. The number of fused-ring (bicyclic) bond motifs is 1. The second-order valence-electron chi connectivity index (χ2n) is 4.63. The molecule has 3 rings (SSSR count). The van der Waals surface area contributed by atoms with E-state index in [1.165, 1.54) is 11.3 Å². The van der Waals surface area contributed by atoms with Crippen LogP contribution in [0.4, 0.5) is 0 Å². The van der Waals surface area contributed by atoms with Crippen molar-refractivity contribution in [2.24, 2.45) is 5.92 Å². The number of aromatic amines is 1. The molecule has 2 aromatic heterocycles. The van der Waals surface area contributed by atoms with Crippen LogP contribution in [0.15, 0.2) is 16.2 Å². The van der Waals surface area contributed by atoms with Gasteiger partial charge in [0.25, 0.3) is 5.56 Å². The Morgan fingerprint density at radius 3 is 3.22 bits per heavy atom. The van der Waals surface area contributed by atoms with Gasteiger partial charge in [0, 0.05) is 18.6 Å². The topological polar surface area (TPSA) is 47.0 Å². The van der Waals surface area contributed by atoms with Gasteiger partial charge in [-0.2, -0.15) is 0 Å². The van der Waals surface area contributed by atoms with Crippen molar-refractivity contribution < 1.29 is 4.74 Å². The zero-order valence-corrected chi connectivity index (χ0v) is 11.6. The Balaban J connectivity index is 2.15. The number of ether oxygens (including phenoxy) is 1. The first-order chi connectivity index (χ1) is 8.68. The number of nitrogens with one attached hydrogen (secondary N) is 1. The van der Waals surface area contributed by atoms with Crippen LogP contribution in [-0.2, 0) is 4.74 Å². The highest BCUT2D eigenvalue weighted by molar-refractivity contribution is 7.71. The number of hydrogen-bond donors (Lipinski definition) is 1. The molecule has 0 spiro atoms. The van der Waals surface area contributed by atoms with Crippen LogP contribution in [0.25, 0.3) is 10.2 Å². The molecule has 1 aliphatic heterocycles. The summed E-state index contributed by atoms with van der Waals surface area (Å²) in [5.74, 6) is 0.371. The van der Waals surface area contributed by atoms with E-state index in [9.17, 15) is 4.79 Å². The van der Waals surface area contributed by atoms with Crippen molar-refractivity contribution in [1.29, 1.82) is 0 Å². The number of thiophene rings is 1. The Labute approximate surface area is 113 Å². The molecule has 4 nitrogen and oxygen atoms in total. The van der Waals surface area contributed by atoms with E-state index >= 15 is 0 Å². The third kappa shape index (κ3) is 1.84. The van der Waals surface area contributed by atoms with Crippen molar-refractivity contribution in [2.75, 3.05) is 13.2 Å². The van der Waals surface area contributed by atoms with Crippen LogP contribution in [0, 0.1) is 10.7 Å². The second-order valence-corrected chi connectivity index (χ2v) is 5.94. The Bertz CT molecular complexity index is 679. The summed E-state index contributed by atoms with van der Waals surface area (Å²) < 4.78 is 8.35. The van der Waals surface area contributed by atoms with Gasteiger partial charge in [-0.3, -0.25) is 9.36 Å². The van der Waals surface area contributed by atoms with E-state index in [1.54, 1.807) is 4.57 Å². The third-order valence-corrected chi connectivity index (χ3v) is 4.79. The fraction of sp³-hybridized carbons (Fsp3) is 0.500. The van der Waals surface area contributed by atoms with Gasteiger partial charge < -0.3 is 9.72 Å². The number of rotatable bonds is 2. The lowest BCUT2D eigenvalue weighted by molar-refractivity contribution is 0.174. The first kappa shape index (κ1) is 12.1. The van der Waals surface area contributed by atoms with Crippen molar-refractivity contribution in [2.45, 2.75) is 19.4 Å². The molecule has 1 fully saturated rings. The molecule has 2 aromatic rings. The van der Waals surface area contributed by atoms with Crippen LogP contribution in [0.3, 0.4) is 0 Å². The molecule has 0 saturated carbocycles. The molecule has 3 heterocycles. The van der Waals surface area contributed by atoms with Crippen LogP contribution >= 0.6 is 23.6 Å². The average Bonchev–Trinajstić information content (AvgIpc) is 2.98. The average molecular weight is 282 g/mol. The third-order valence-electron chi connectivity index (χ3n) is 3.59. The van der Waals surface area contributed by atoms with E-state index in [4.69, 9.17) is 17.0 Å². The quantitative estimate of drug-likeness (QED) is 0.862. The van der Waals surface area contributed by atoms with E-state index in [0.717, 1.165) is 23.2 Å². The van der Waals surface area contributed by atoms with Crippen LogP contribution in [-0.4, -0.2) is 22.8 Å². The van der Waals surface area contributed by atoms with E-state index < -0.39 is 0 Å². The van der Waals surface area contributed by atoms with Crippen molar-refractivity contribution in [3.63, 3.8) is 0 Å². The van der Waals surface area contributed by atoms with Crippen molar-refractivity contribution in [3.8, 4) is 0 Å². The van der Waals surface area contributed by atoms with E-state index in [1.807, 2.05) is 18.4 Å². The summed E-state index contributed by atoms with van der Waals surface area (Å²) in [4.78, 5) is 15.6. The number of aromatic nitrogens is 2. The summed E-state index contributed by atoms with van der Waals surface area (Å²) in [5, 5.41) is 1.91. The minimum Gasteiger partial charge on any atom is -0.381 e. The molecule has 6 heteroatoms. The molecule has 2 unspecified atom stereocenters. The fourth-order valence-electron chi connectivity index (χ4n) is 2.46. The molecule has 2 atom stereocenters. The normalized spacial score (nSPS) is 21.5. The van der Waals surface area contributed by atoms with Crippen LogP contribution in [0.5, 0.6) is 0 Å². The van der Waals surface area contributed by atoms with Crippen LogP contribution in [0.1, 0.15) is 19.4 Å². The molecule has 0 aliphatic carbocycles. The highest BCUT2D eigenvalue weighted by Crippen LogP contribution is 2.26. The van der Waals surface area contributed by atoms with Crippen molar-refractivity contribution in [3.05, 3.63) is 26.6 Å². The number of H-pyrrole nitrogens is 1. The predicted molar refractivity (Wildman–Crippen MR) is 74.9 cm³/mol. The summed E-state index contributed by atoms with van der Waals surface area (Å²) in [6.45, 7) is 3.54. The van der Waals surface area contributed by atoms with Gasteiger partial charge in [0.15, 0.2) is 4.77 Å². The summed E-state index contributed by atoms with van der Waals surface area (Å²) in [6.07, 6.45) is 0.991. The summed E-state index contributed by atoms with van der Waals surface area (Å²) in [6, 6.07) is 1.97. The molecule has 1 saturated heterocycles. The molecular formula is C12H14N2O2S2. The van der Waals surface area contributed by atoms with Gasteiger partial charge in [0.2, 0.25) is 0 Å². The van der Waals surface area contributed by atoms with Gasteiger partial charge in [-0.05, 0) is 37.0 Å². The van der Waals surface area contributed by atoms with E-state index in [0.29, 0.717) is 17.3 Å². The Morgan fingerprint density at radius 2 is 2.50 bits per heavy atom. The summed E-state index contributed by atoms with van der Waals surface area (Å²) in [5.41, 5.74) is 0.851. The van der Waals surface area contributed by atoms with Crippen LogP contribution < -0.4 is 5.56 Å². The summed E-state index contributed by atoms with van der Waals surface area (Å²) >= 11 is 6.77. The zero-order valence-electron chi connectivity index (χ0n) is 10.0. The Hall–Kier alpha value is -0.980. The molecule has 1 N–H and O–H groups in total. The zero-order chi connectivity index (χ0) is 12.7. The highest BCUT2D eigenvalue weighted by atomic mass is 32.1. The van der Waals surface area contributed by atoms with Crippen molar-refractivity contribution >= 4 is 33.8 Å². The van der Waals surface area contributed by atoms with Crippen LogP contribution in [0.2, 0.25) is 0 Å². The lowest BCUT2D eigenvalue weighted by atomic mass is 10.0. The lowest BCUT2D eigenvalue weighted by Gasteiger charge is -2.20. The van der Waals surface area contributed by atoms with Gasteiger partial charge in [0.05, 0.1) is 12.1 Å². The maximum absolute atomic E-state index is 12.5. The SMILES string of the molecule is CC(C1CCOC1)n1c(=S)[nH]c2ccsc2c1=O. The largest absolute Gasteiger partial charge is 0.381 e. The highest BCUT2D eigenvalue weighted by Gasteiger charge is 2.25. The van der Waals surface area contributed by atoms with Gasteiger partial charge in [-0.1, -0.05) is 0 Å². The monoisotopic (exact) mass is 282 g/mol. The molecule has 0 aromatic carbocycles. The molecule has 18 heavy (non-hydrogen) atoms.